The second-order valence-corrected chi connectivity index (χ2v) is 20.2. The number of hydrogen-bond acceptors (Lipinski definition) is 2. The summed E-state index contributed by atoms with van der Waals surface area (Å²) < 4.78 is 9.89. The Hall–Kier alpha value is -10.3. The van der Waals surface area contributed by atoms with Gasteiger partial charge in [-0.05, 0) is 110 Å². The van der Waals surface area contributed by atoms with E-state index in [1.807, 2.05) is 24.3 Å². The number of fused-ring (bicyclic) bond motifs is 14. The molecule has 6 heteroatoms. The van der Waals surface area contributed by atoms with Crippen LogP contribution in [0.25, 0.3) is 144 Å². The summed E-state index contributed by atoms with van der Waals surface area (Å²) in [5, 5.41) is 9.69. The smallest absolute Gasteiger partial charge is 0.160 e. The van der Waals surface area contributed by atoms with Crippen LogP contribution >= 0.6 is 0 Å². The highest BCUT2D eigenvalue weighted by Crippen LogP contribution is 2.47. The molecule has 5 heterocycles. The van der Waals surface area contributed by atoms with E-state index in [2.05, 4.69) is 262 Å². The van der Waals surface area contributed by atoms with E-state index in [9.17, 15) is 0 Å². The van der Waals surface area contributed by atoms with Gasteiger partial charge in [0, 0.05) is 82.5 Å². The molecular weight excluding hydrogens is 937 g/mol. The van der Waals surface area contributed by atoms with Gasteiger partial charge in [0.05, 0.1) is 55.5 Å². The third-order valence-electron chi connectivity index (χ3n) is 15.8. The summed E-state index contributed by atoms with van der Waals surface area (Å²) in [5.41, 5.74) is 19.9. The van der Waals surface area contributed by atoms with Crippen molar-refractivity contribution < 1.29 is 0 Å². The van der Waals surface area contributed by atoms with Crippen LogP contribution in [0, 0.1) is 6.92 Å². The van der Waals surface area contributed by atoms with E-state index in [0.29, 0.717) is 5.82 Å². The third kappa shape index (κ3) is 6.49. The predicted molar refractivity (Wildman–Crippen MR) is 320 cm³/mol. The zero-order valence-corrected chi connectivity index (χ0v) is 42.0. The molecule has 0 amide bonds. The molecule has 0 spiro atoms. The molecule has 0 atom stereocenters. The van der Waals surface area contributed by atoms with Crippen molar-refractivity contribution in [3.8, 4) is 56.7 Å². The first-order chi connectivity index (χ1) is 38.1. The van der Waals surface area contributed by atoms with Crippen molar-refractivity contribution in [2.24, 2.45) is 0 Å². The fraction of sp³-hybridized carbons (Fsp3) is 0.0141. The molecule has 0 aliphatic rings. The number of rotatable bonds is 7. The van der Waals surface area contributed by atoms with Gasteiger partial charge in [0.15, 0.2) is 5.82 Å². The molecule has 0 bridgehead atoms. The summed E-state index contributed by atoms with van der Waals surface area (Å²) in [6, 6.07) is 94.1. The Morgan fingerprint density at radius 1 is 0.260 bits per heavy atom. The van der Waals surface area contributed by atoms with E-state index in [1.54, 1.807) is 0 Å². The molecule has 0 fully saturated rings. The Morgan fingerprint density at radius 2 is 0.727 bits per heavy atom. The number of benzene rings is 11. The lowest BCUT2D eigenvalue weighted by molar-refractivity contribution is 1.16. The van der Waals surface area contributed by atoms with E-state index < -0.39 is 0 Å². The van der Waals surface area contributed by atoms with Gasteiger partial charge in [-0.1, -0.05) is 164 Å². The molecule has 360 valence electrons. The lowest BCUT2D eigenvalue weighted by Crippen LogP contribution is -1.97. The Kier molecular flexibility index (Phi) is 9.45. The molecule has 0 radical (unpaired) electrons. The molecule has 0 N–H and O–H groups in total. The number of para-hydroxylation sites is 5. The molecule has 0 saturated heterocycles. The Morgan fingerprint density at radius 3 is 1.36 bits per heavy atom. The highest BCUT2D eigenvalue weighted by atomic mass is 15.0. The van der Waals surface area contributed by atoms with Gasteiger partial charge in [-0.3, -0.25) is 0 Å². The van der Waals surface area contributed by atoms with Crippen LogP contribution in [0.2, 0.25) is 0 Å². The number of nitrogens with zero attached hydrogens (tertiary/aromatic N) is 6. The number of aromatic nitrogens is 6. The maximum atomic E-state index is 5.26. The predicted octanol–water partition coefficient (Wildman–Crippen LogP) is 18.2. The average molecular weight is 983 g/mol. The SMILES string of the molecule is Cc1cc2c(c3ccccc3n2-c2ccccc2)c2c1c1cc(-n3c4ccccc4c4c3ccc3c5cc(-c6cc(-c7ccccc7)nc(-c7ccccc7)n6)ccc5n(-c5ccccc5)c34)ccc1n2-c1ccccc1. The zero-order valence-electron chi connectivity index (χ0n) is 42.0. The van der Waals surface area contributed by atoms with Crippen LogP contribution in [-0.4, -0.2) is 28.2 Å². The number of hydrogen-bond donors (Lipinski definition) is 0. The lowest BCUT2D eigenvalue weighted by Gasteiger charge is -2.11. The van der Waals surface area contributed by atoms with E-state index in [4.69, 9.17) is 9.97 Å². The molecule has 6 nitrogen and oxygen atoms in total. The summed E-state index contributed by atoms with van der Waals surface area (Å²) in [6.45, 7) is 2.29. The monoisotopic (exact) mass is 982 g/mol. The Balaban J connectivity index is 0.961. The van der Waals surface area contributed by atoms with Gasteiger partial charge in [0.2, 0.25) is 0 Å². The first-order valence-corrected chi connectivity index (χ1v) is 26.3. The molecule has 5 aromatic heterocycles. The normalized spacial score (nSPS) is 12.0. The van der Waals surface area contributed by atoms with Gasteiger partial charge in [-0.15, -0.1) is 0 Å². The van der Waals surface area contributed by atoms with Crippen molar-refractivity contribution in [3.05, 3.63) is 266 Å². The molecule has 11 aromatic carbocycles. The molecule has 0 saturated carbocycles. The summed E-state index contributed by atoms with van der Waals surface area (Å²) in [4.78, 5) is 10.4. The first kappa shape index (κ1) is 43.1. The van der Waals surface area contributed by atoms with Gasteiger partial charge in [0.1, 0.15) is 0 Å². The molecule has 16 aromatic rings. The molecule has 77 heavy (non-hydrogen) atoms. The zero-order chi connectivity index (χ0) is 50.7. The summed E-state index contributed by atoms with van der Waals surface area (Å²) in [6.07, 6.45) is 0. The van der Waals surface area contributed by atoms with Crippen LogP contribution < -0.4 is 0 Å². The minimum atomic E-state index is 0.699. The second-order valence-electron chi connectivity index (χ2n) is 20.2. The van der Waals surface area contributed by atoms with Crippen molar-refractivity contribution in [2.75, 3.05) is 0 Å². The standard InChI is InChI=1S/C71H46N6/c1-45-41-65-68(55-32-18-19-33-60(55)74(65)49-25-11-4-12-26-49)70-66(45)57-43-52(36-39-63(57)77(70)51-29-15-6-16-30-51)75-61-34-20-17-31-54(61)67-64(75)40-37-53-56-42-48(35-38-62(56)76(69(53)67)50-27-13-5-14-28-50)59-44-58(46-21-7-2-8-22-46)72-71(73-59)47-23-9-3-10-24-47/h2-44H,1H3. The van der Waals surface area contributed by atoms with Crippen LogP contribution in [0.15, 0.2) is 261 Å². The highest BCUT2D eigenvalue weighted by molar-refractivity contribution is 6.29. The fourth-order valence-electron chi connectivity index (χ4n) is 12.6. The van der Waals surface area contributed by atoms with Crippen LogP contribution in [0.5, 0.6) is 0 Å². The minimum Gasteiger partial charge on any atom is -0.309 e. The Bertz CT molecular complexity index is 4950. The van der Waals surface area contributed by atoms with Gasteiger partial charge < -0.3 is 18.3 Å². The van der Waals surface area contributed by atoms with Crippen LogP contribution in [0.1, 0.15) is 5.56 Å². The molecular formula is C71H46N6. The molecule has 16 rings (SSSR count). The van der Waals surface area contributed by atoms with Crippen molar-refractivity contribution in [1.82, 2.24) is 28.2 Å². The minimum absolute atomic E-state index is 0.699. The maximum absolute atomic E-state index is 5.26. The quantitative estimate of drug-likeness (QED) is 0.160. The van der Waals surface area contributed by atoms with Crippen molar-refractivity contribution in [3.63, 3.8) is 0 Å². The summed E-state index contributed by atoms with van der Waals surface area (Å²) >= 11 is 0. The van der Waals surface area contributed by atoms with Gasteiger partial charge in [0.25, 0.3) is 0 Å². The summed E-state index contributed by atoms with van der Waals surface area (Å²) in [5.74, 6) is 0.699. The fourth-order valence-corrected chi connectivity index (χ4v) is 12.6. The van der Waals surface area contributed by atoms with Gasteiger partial charge >= 0.3 is 0 Å². The van der Waals surface area contributed by atoms with E-state index >= 15 is 0 Å². The topological polar surface area (TPSA) is 45.5 Å². The van der Waals surface area contributed by atoms with Crippen LogP contribution in [-0.2, 0) is 0 Å². The van der Waals surface area contributed by atoms with E-state index in [-0.39, 0.29) is 0 Å². The van der Waals surface area contributed by atoms with E-state index in [0.717, 1.165) is 72.8 Å². The van der Waals surface area contributed by atoms with Crippen LogP contribution in [0.4, 0.5) is 0 Å². The largest absolute Gasteiger partial charge is 0.309 e. The highest BCUT2D eigenvalue weighted by Gasteiger charge is 2.26. The first-order valence-electron chi connectivity index (χ1n) is 26.3. The maximum Gasteiger partial charge on any atom is 0.160 e. The van der Waals surface area contributed by atoms with Gasteiger partial charge in [-0.2, -0.15) is 0 Å². The number of aryl methyl sites for hydroxylation is 1. The molecule has 0 aliphatic heterocycles. The molecule has 0 aliphatic carbocycles. The average Bonchev–Trinajstić information content (AvgIpc) is 4.25. The van der Waals surface area contributed by atoms with Gasteiger partial charge in [-0.25, -0.2) is 9.97 Å². The third-order valence-corrected chi connectivity index (χ3v) is 15.8. The lowest BCUT2D eigenvalue weighted by atomic mass is 10.0. The van der Waals surface area contributed by atoms with Crippen molar-refractivity contribution in [1.29, 1.82) is 0 Å². The van der Waals surface area contributed by atoms with Crippen molar-refractivity contribution in [2.45, 2.75) is 6.92 Å². The van der Waals surface area contributed by atoms with Crippen molar-refractivity contribution >= 4 is 87.2 Å². The molecule has 0 unspecified atom stereocenters. The van der Waals surface area contributed by atoms with Crippen LogP contribution in [0.3, 0.4) is 0 Å². The Labute approximate surface area is 443 Å². The summed E-state index contributed by atoms with van der Waals surface area (Å²) in [7, 11) is 0. The second kappa shape index (κ2) is 16.9. The van der Waals surface area contributed by atoms with E-state index in [1.165, 1.54) is 70.9 Å².